The van der Waals surface area contributed by atoms with Gasteiger partial charge < -0.3 is 19.4 Å². The average molecular weight is 268 g/mol. The van der Waals surface area contributed by atoms with Gasteiger partial charge in [-0.25, -0.2) is 0 Å². The molecule has 110 valence electrons. The van der Waals surface area contributed by atoms with Gasteiger partial charge in [-0.3, -0.25) is 0 Å². The zero-order valence-electron chi connectivity index (χ0n) is 12.7. The van der Waals surface area contributed by atoms with Crippen molar-refractivity contribution in [1.29, 1.82) is 0 Å². The highest BCUT2D eigenvalue weighted by molar-refractivity contribution is 5.11. The summed E-state index contributed by atoms with van der Waals surface area (Å²) >= 11 is 0. The van der Waals surface area contributed by atoms with Gasteiger partial charge in [0, 0.05) is 18.7 Å². The zero-order chi connectivity index (χ0) is 14.1. The standard InChI is InChI=1S/C15H28N2O2/c1-13(2)9-16-10-14-8-15(19-11-14)12-18-7-5-6-17(3)4/h8,11,13,16H,5-7,9-10,12H2,1-4H3. The Balaban J connectivity index is 2.12. The molecule has 4 heteroatoms. The normalized spacial score (nSPS) is 11.7. The second-order valence-electron chi connectivity index (χ2n) is 5.66. The SMILES string of the molecule is CC(C)CNCc1coc(COCCCN(C)C)c1. The van der Waals surface area contributed by atoms with Crippen LogP contribution in [0.3, 0.4) is 0 Å². The monoisotopic (exact) mass is 268 g/mol. The van der Waals surface area contributed by atoms with E-state index in [0.29, 0.717) is 12.5 Å². The number of nitrogens with one attached hydrogen (secondary N) is 1. The van der Waals surface area contributed by atoms with Crippen LogP contribution in [0.15, 0.2) is 16.7 Å². The van der Waals surface area contributed by atoms with Gasteiger partial charge in [-0.15, -0.1) is 0 Å². The minimum absolute atomic E-state index is 0.567. The fourth-order valence-corrected chi connectivity index (χ4v) is 1.76. The average Bonchev–Trinajstić information content (AvgIpc) is 2.76. The molecule has 0 saturated heterocycles. The van der Waals surface area contributed by atoms with E-state index in [1.807, 2.05) is 6.26 Å². The van der Waals surface area contributed by atoms with E-state index in [0.717, 1.165) is 38.4 Å². The smallest absolute Gasteiger partial charge is 0.129 e. The molecular weight excluding hydrogens is 240 g/mol. The van der Waals surface area contributed by atoms with Crippen molar-refractivity contribution in [3.63, 3.8) is 0 Å². The number of hydrogen-bond donors (Lipinski definition) is 1. The first-order valence-electron chi connectivity index (χ1n) is 7.07. The zero-order valence-corrected chi connectivity index (χ0v) is 12.7. The first-order valence-corrected chi connectivity index (χ1v) is 7.07. The van der Waals surface area contributed by atoms with E-state index >= 15 is 0 Å². The molecule has 1 heterocycles. The number of ether oxygens (including phenoxy) is 1. The van der Waals surface area contributed by atoms with Crippen LogP contribution in [0, 0.1) is 5.92 Å². The summed E-state index contributed by atoms with van der Waals surface area (Å²) in [5.41, 5.74) is 1.19. The number of nitrogens with zero attached hydrogens (tertiary/aromatic N) is 1. The summed E-state index contributed by atoms with van der Waals surface area (Å²) in [6.45, 7) is 8.70. The molecule has 0 bridgehead atoms. The van der Waals surface area contributed by atoms with Gasteiger partial charge in [0.15, 0.2) is 0 Å². The van der Waals surface area contributed by atoms with E-state index in [-0.39, 0.29) is 0 Å². The summed E-state index contributed by atoms with van der Waals surface area (Å²) in [6.07, 6.45) is 2.86. The van der Waals surface area contributed by atoms with Gasteiger partial charge in [-0.05, 0) is 45.6 Å². The molecule has 0 aromatic carbocycles. The lowest BCUT2D eigenvalue weighted by Crippen LogP contribution is -2.18. The molecule has 0 spiro atoms. The molecule has 0 fully saturated rings. The van der Waals surface area contributed by atoms with Gasteiger partial charge in [-0.2, -0.15) is 0 Å². The number of rotatable bonds is 10. The van der Waals surface area contributed by atoms with Crippen LogP contribution in [-0.4, -0.2) is 38.7 Å². The molecule has 0 unspecified atom stereocenters. The Morgan fingerprint density at radius 3 is 2.84 bits per heavy atom. The molecule has 19 heavy (non-hydrogen) atoms. The van der Waals surface area contributed by atoms with E-state index in [2.05, 4.69) is 44.2 Å². The van der Waals surface area contributed by atoms with Crippen LogP contribution in [0.4, 0.5) is 0 Å². The second kappa shape index (κ2) is 9.13. The van der Waals surface area contributed by atoms with Crippen LogP contribution in [0.25, 0.3) is 0 Å². The Morgan fingerprint density at radius 1 is 1.37 bits per heavy atom. The van der Waals surface area contributed by atoms with Crippen LogP contribution in [0.2, 0.25) is 0 Å². The second-order valence-corrected chi connectivity index (χ2v) is 5.66. The molecular formula is C15H28N2O2. The topological polar surface area (TPSA) is 37.6 Å². The maximum atomic E-state index is 5.59. The van der Waals surface area contributed by atoms with Gasteiger partial charge >= 0.3 is 0 Å². The fraction of sp³-hybridized carbons (Fsp3) is 0.733. The Labute approximate surface area is 117 Å². The van der Waals surface area contributed by atoms with Crippen molar-refractivity contribution in [1.82, 2.24) is 10.2 Å². The summed E-state index contributed by atoms with van der Waals surface area (Å²) in [5, 5.41) is 3.40. The van der Waals surface area contributed by atoms with Crippen LogP contribution < -0.4 is 5.32 Å². The highest BCUT2D eigenvalue weighted by Gasteiger charge is 2.02. The molecule has 0 aliphatic rings. The predicted molar refractivity (Wildman–Crippen MR) is 78.1 cm³/mol. The van der Waals surface area contributed by atoms with Crippen molar-refractivity contribution >= 4 is 0 Å². The maximum Gasteiger partial charge on any atom is 0.129 e. The van der Waals surface area contributed by atoms with Gasteiger partial charge in [0.05, 0.1) is 6.26 Å². The lowest BCUT2D eigenvalue weighted by molar-refractivity contribution is 0.0994. The molecule has 1 N–H and O–H groups in total. The highest BCUT2D eigenvalue weighted by Crippen LogP contribution is 2.09. The summed E-state index contributed by atoms with van der Waals surface area (Å²) in [4.78, 5) is 2.16. The van der Waals surface area contributed by atoms with Crippen LogP contribution in [-0.2, 0) is 17.9 Å². The lowest BCUT2D eigenvalue weighted by Gasteiger charge is -2.08. The molecule has 0 atom stereocenters. The summed E-state index contributed by atoms with van der Waals surface area (Å²) in [7, 11) is 4.14. The van der Waals surface area contributed by atoms with E-state index in [9.17, 15) is 0 Å². The minimum Gasteiger partial charge on any atom is -0.467 e. The number of hydrogen-bond acceptors (Lipinski definition) is 4. The molecule has 0 amide bonds. The van der Waals surface area contributed by atoms with E-state index in [1.54, 1.807) is 0 Å². The third kappa shape index (κ3) is 8.03. The Hall–Kier alpha value is -0.840. The highest BCUT2D eigenvalue weighted by atomic mass is 16.5. The van der Waals surface area contributed by atoms with Crippen molar-refractivity contribution in [2.24, 2.45) is 5.92 Å². The van der Waals surface area contributed by atoms with Crippen molar-refractivity contribution in [2.75, 3.05) is 33.8 Å². The summed E-state index contributed by atoms with van der Waals surface area (Å²) < 4.78 is 11.1. The summed E-state index contributed by atoms with van der Waals surface area (Å²) in [5.74, 6) is 1.58. The van der Waals surface area contributed by atoms with Crippen LogP contribution in [0.5, 0.6) is 0 Å². The molecule has 0 aliphatic heterocycles. The maximum absolute atomic E-state index is 5.59. The molecule has 1 rings (SSSR count). The van der Waals surface area contributed by atoms with Crippen molar-refractivity contribution in [3.05, 3.63) is 23.7 Å². The molecule has 0 saturated carbocycles. The van der Waals surface area contributed by atoms with Crippen LogP contribution >= 0.6 is 0 Å². The molecule has 0 aliphatic carbocycles. The Bertz CT molecular complexity index is 335. The van der Waals surface area contributed by atoms with Gasteiger partial charge in [0.25, 0.3) is 0 Å². The molecule has 1 aromatic heterocycles. The van der Waals surface area contributed by atoms with E-state index in [1.165, 1.54) is 5.56 Å². The lowest BCUT2D eigenvalue weighted by atomic mass is 10.2. The first-order chi connectivity index (χ1) is 9.08. The quantitative estimate of drug-likeness (QED) is 0.662. The predicted octanol–water partition coefficient (Wildman–Crippen LogP) is 2.49. The third-order valence-corrected chi connectivity index (χ3v) is 2.73. The molecule has 0 radical (unpaired) electrons. The van der Waals surface area contributed by atoms with Crippen molar-refractivity contribution < 1.29 is 9.15 Å². The first kappa shape index (κ1) is 16.2. The third-order valence-electron chi connectivity index (χ3n) is 2.73. The van der Waals surface area contributed by atoms with E-state index in [4.69, 9.17) is 9.15 Å². The Kier molecular flexibility index (Phi) is 7.79. The van der Waals surface area contributed by atoms with Crippen LogP contribution in [0.1, 0.15) is 31.6 Å². The number of furan rings is 1. The van der Waals surface area contributed by atoms with Crippen molar-refractivity contribution in [2.45, 2.75) is 33.4 Å². The minimum atomic E-state index is 0.567. The van der Waals surface area contributed by atoms with E-state index < -0.39 is 0 Å². The van der Waals surface area contributed by atoms with Gasteiger partial charge in [-0.1, -0.05) is 13.8 Å². The Morgan fingerprint density at radius 2 is 2.16 bits per heavy atom. The van der Waals surface area contributed by atoms with Crippen molar-refractivity contribution in [3.8, 4) is 0 Å². The summed E-state index contributed by atoms with van der Waals surface area (Å²) in [6, 6.07) is 2.07. The molecule has 1 aromatic rings. The van der Waals surface area contributed by atoms with Gasteiger partial charge in [0.2, 0.25) is 0 Å². The molecule has 4 nitrogen and oxygen atoms in total. The fourth-order valence-electron chi connectivity index (χ4n) is 1.76. The van der Waals surface area contributed by atoms with Gasteiger partial charge in [0.1, 0.15) is 12.4 Å². The largest absolute Gasteiger partial charge is 0.467 e.